The van der Waals surface area contributed by atoms with Crippen LogP contribution < -0.4 is 5.32 Å². The first kappa shape index (κ1) is 25.7. The van der Waals surface area contributed by atoms with E-state index in [0.29, 0.717) is 9.23 Å². The molecular formula is C27H21F3N2O2S2. The zero-order valence-electron chi connectivity index (χ0n) is 18.9. The fourth-order valence-electron chi connectivity index (χ4n) is 3.70. The molecule has 1 aliphatic rings. The topological polar surface area (TPSA) is 49.4 Å². The Hall–Kier alpha value is -3.43. The number of carbonyl (C=O) groups is 2. The molecule has 0 aromatic heterocycles. The van der Waals surface area contributed by atoms with Crippen molar-refractivity contribution in [3.05, 3.63) is 94.9 Å². The predicted octanol–water partition coefficient (Wildman–Crippen LogP) is 6.99. The Kier molecular flexibility index (Phi) is 7.91. The zero-order valence-corrected chi connectivity index (χ0v) is 20.6. The first-order valence-corrected chi connectivity index (χ1v) is 12.3. The summed E-state index contributed by atoms with van der Waals surface area (Å²) in [7, 11) is 0. The predicted molar refractivity (Wildman–Crippen MR) is 141 cm³/mol. The van der Waals surface area contributed by atoms with E-state index in [0.717, 1.165) is 22.8 Å². The van der Waals surface area contributed by atoms with Crippen molar-refractivity contribution in [2.24, 2.45) is 0 Å². The second-order valence-corrected chi connectivity index (χ2v) is 9.69. The number of anilines is 1. The van der Waals surface area contributed by atoms with Gasteiger partial charge in [-0.05, 0) is 41.3 Å². The van der Waals surface area contributed by atoms with Crippen LogP contribution in [0.5, 0.6) is 0 Å². The summed E-state index contributed by atoms with van der Waals surface area (Å²) in [6, 6.07) is 22.6. The van der Waals surface area contributed by atoms with E-state index in [9.17, 15) is 22.8 Å². The number of hydrogen-bond donors (Lipinski definition) is 1. The van der Waals surface area contributed by atoms with Crippen LogP contribution in [0.3, 0.4) is 0 Å². The van der Waals surface area contributed by atoms with E-state index in [-0.39, 0.29) is 31.0 Å². The number of amides is 2. The van der Waals surface area contributed by atoms with E-state index in [1.807, 2.05) is 54.6 Å². The van der Waals surface area contributed by atoms with Crippen LogP contribution in [0.15, 0.2) is 83.8 Å². The van der Waals surface area contributed by atoms with Crippen molar-refractivity contribution in [1.29, 1.82) is 0 Å². The Balaban J connectivity index is 1.33. The van der Waals surface area contributed by atoms with Crippen LogP contribution in [0.2, 0.25) is 0 Å². The van der Waals surface area contributed by atoms with Crippen LogP contribution in [-0.2, 0) is 15.8 Å². The molecule has 0 spiro atoms. The maximum absolute atomic E-state index is 13.1. The Morgan fingerprint density at radius 3 is 2.28 bits per heavy atom. The summed E-state index contributed by atoms with van der Waals surface area (Å²) in [6.07, 6.45) is -2.59. The number of thioether (sulfide) groups is 1. The Labute approximate surface area is 216 Å². The maximum atomic E-state index is 13.1. The molecule has 1 fully saturated rings. The molecule has 2 amide bonds. The summed E-state index contributed by atoms with van der Waals surface area (Å²) < 4.78 is 39.7. The zero-order chi connectivity index (χ0) is 25.7. The summed E-state index contributed by atoms with van der Waals surface area (Å²) in [4.78, 5) is 27.0. The van der Waals surface area contributed by atoms with Crippen LogP contribution in [0.4, 0.5) is 18.9 Å². The van der Waals surface area contributed by atoms with Crippen molar-refractivity contribution in [3.63, 3.8) is 0 Å². The highest BCUT2D eigenvalue weighted by atomic mass is 32.2. The third-order valence-electron chi connectivity index (χ3n) is 5.48. The molecule has 1 heterocycles. The molecule has 0 unspecified atom stereocenters. The highest BCUT2D eigenvalue weighted by molar-refractivity contribution is 8.26. The lowest BCUT2D eigenvalue weighted by Crippen LogP contribution is -2.29. The molecule has 1 aliphatic heterocycles. The summed E-state index contributed by atoms with van der Waals surface area (Å²) in [5.41, 5.74) is 1.83. The number of hydrogen-bond acceptors (Lipinski definition) is 4. The number of benzene rings is 3. The first-order chi connectivity index (χ1) is 17.2. The minimum Gasteiger partial charge on any atom is -0.326 e. The van der Waals surface area contributed by atoms with Crippen LogP contribution in [-0.4, -0.2) is 27.6 Å². The number of rotatable bonds is 7. The smallest absolute Gasteiger partial charge is 0.326 e. The molecule has 0 radical (unpaired) electrons. The molecule has 1 N–H and O–H groups in total. The average Bonchev–Trinajstić information content (AvgIpc) is 3.12. The van der Waals surface area contributed by atoms with Crippen molar-refractivity contribution in [2.45, 2.75) is 19.0 Å². The number of nitrogens with zero attached hydrogens (tertiary/aromatic N) is 1. The number of alkyl halides is 3. The van der Waals surface area contributed by atoms with Gasteiger partial charge >= 0.3 is 6.18 Å². The summed E-state index contributed by atoms with van der Waals surface area (Å²) in [6.45, 7) is 0.198. The van der Waals surface area contributed by atoms with Gasteiger partial charge in [-0.15, -0.1) is 0 Å². The van der Waals surface area contributed by atoms with Gasteiger partial charge in [0.25, 0.3) is 5.91 Å². The van der Waals surface area contributed by atoms with Crippen molar-refractivity contribution < 1.29 is 22.8 Å². The lowest BCUT2D eigenvalue weighted by molar-refractivity contribution is -0.137. The molecule has 4 nitrogen and oxygen atoms in total. The molecule has 0 saturated carbocycles. The third kappa shape index (κ3) is 6.22. The molecule has 3 aromatic carbocycles. The fraction of sp³-hybridized carbons (Fsp3) is 0.148. The second kappa shape index (κ2) is 11.1. The quantitative estimate of drug-likeness (QED) is 0.266. The van der Waals surface area contributed by atoms with Crippen molar-refractivity contribution in [3.8, 4) is 11.1 Å². The molecule has 0 atom stereocenters. The maximum Gasteiger partial charge on any atom is 0.418 e. The highest BCUT2D eigenvalue weighted by Crippen LogP contribution is 2.35. The van der Waals surface area contributed by atoms with Crippen molar-refractivity contribution in [2.75, 3.05) is 11.9 Å². The van der Waals surface area contributed by atoms with Crippen molar-refractivity contribution in [1.82, 2.24) is 4.90 Å². The van der Waals surface area contributed by atoms with Gasteiger partial charge in [0.1, 0.15) is 4.32 Å². The Morgan fingerprint density at radius 2 is 1.58 bits per heavy atom. The summed E-state index contributed by atoms with van der Waals surface area (Å²) >= 11 is 6.53. The van der Waals surface area contributed by atoms with Crippen LogP contribution in [0.25, 0.3) is 17.2 Å². The molecule has 184 valence electrons. The van der Waals surface area contributed by atoms with Gasteiger partial charge in [0, 0.05) is 13.0 Å². The van der Waals surface area contributed by atoms with E-state index in [2.05, 4.69) is 5.32 Å². The monoisotopic (exact) mass is 526 g/mol. The van der Waals surface area contributed by atoms with Gasteiger partial charge in [0.2, 0.25) is 5.91 Å². The largest absolute Gasteiger partial charge is 0.418 e. The van der Waals surface area contributed by atoms with E-state index in [1.54, 1.807) is 6.08 Å². The first-order valence-electron chi connectivity index (χ1n) is 11.1. The Morgan fingerprint density at radius 1 is 0.944 bits per heavy atom. The number of carbonyl (C=O) groups excluding carboxylic acids is 2. The van der Waals surface area contributed by atoms with Gasteiger partial charge in [-0.2, -0.15) is 13.2 Å². The molecule has 9 heteroatoms. The lowest BCUT2D eigenvalue weighted by atomic mass is 10.0. The van der Waals surface area contributed by atoms with Gasteiger partial charge in [-0.3, -0.25) is 14.5 Å². The number of nitrogens with one attached hydrogen (secondary N) is 1. The van der Waals surface area contributed by atoms with Crippen LogP contribution >= 0.6 is 24.0 Å². The lowest BCUT2D eigenvalue weighted by Gasteiger charge is -2.15. The number of para-hydroxylation sites is 1. The van der Waals surface area contributed by atoms with Gasteiger partial charge < -0.3 is 5.32 Å². The van der Waals surface area contributed by atoms with Gasteiger partial charge in [0.15, 0.2) is 0 Å². The average molecular weight is 527 g/mol. The van der Waals surface area contributed by atoms with Crippen molar-refractivity contribution >= 4 is 51.9 Å². The second-order valence-electron chi connectivity index (χ2n) is 8.02. The minimum absolute atomic E-state index is 0.0523. The molecule has 36 heavy (non-hydrogen) atoms. The highest BCUT2D eigenvalue weighted by Gasteiger charge is 2.34. The fourth-order valence-corrected chi connectivity index (χ4v) is 5.00. The number of halogens is 3. The van der Waals surface area contributed by atoms with E-state index in [4.69, 9.17) is 12.2 Å². The SMILES string of the molecule is O=C(CCCN1C(=O)/C(=C/c2ccc(-c3ccccc3)cc2)SC1=S)Nc1ccccc1C(F)(F)F. The third-order valence-corrected chi connectivity index (χ3v) is 6.86. The van der Waals surface area contributed by atoms with E-state index < -0.39 is 17.6 Å². The molecule has 4 rings (SSSR count). The normalized spacial score (nSPS) is 15.0. The molecule has 0 bridgehead atoms. The minimum atomic E-state index is -4.57. The molecular weight excluding hydrogens is 505 g/mol. The van der Waals surface area contributed by atoms with E-state index in [1.165, 1.54) is 34.9 Å². The molecule has 0 aliphatic carbocycles. The van der Waals surface area contributed by atoms with Gasteiger partial charge in [-0.25, -0.2) is 0 Å². The van der Waals surface area contributed by atoms with Crippen LogP contribution in [0.1, 0.15) is 24.0 Å². The molecule has 1 saturated heterocycles. The summed E-state index contributed by atoms with van der Waals surface area (Å²) in [5, 5.41) is 2.31. The summed E-state index contributed by atoms with van der Waals surface area (Å²) in [5.74, 6) is -0.814. The van der Waals surface area contributed by atoms with Gasteiger partial charge in [-0.1, -0.05) is 90.7 Å². The standard InChI is InChI=1S/C27H21F3N2O2S2/c28-27(29,30)21-9-4-5-10-22(21)31-24(33)11-6-16-32-25(34)23(36-26(32)35)17-18-12-14-20(15-13-18)19-7-2-1-3-8-19/h1-5,7-10,12-15,17H,6,11,16H2,(H,31,33)/b23-17-. The Bertz CT molecular complexity index is 1310. The molecule has 3 aromatic rings. The number of thiocarbonyl (C=S) groups is 1. The van der Waals surface area contributed by atoms with Crippen LogP contribution in [0, 0.1) is 0 Å². The van der Waals surface area contributed by atoms with Gasteiger partial charge in [0.05, 0.1) is 16.2 Å². The van der Waals surface area contributed by atoms with E-state index >= 15 is 0 Å².